The van der Waals surface area contributed by atoms with E-state index in [2.05, 4.69) is 15.6 Å². The molecule has 0 unspecified atom stereocenters. The molecule has 1 aromatic carbocycles. The van der Waals surface area contributed by atoms with Crippen LogP contribution in [0.25, 0.3) is 5.69 Å². The van der Waals surface area contributed by atoms with Crippen molar-refractivity contribution in [1.29, 1.82) is 0 Å². The normalized spacial score (nSPS) is 16.8. The van der Waals surface area contributed by atoms with E-state index in [4.69, 9.17) is 0 Å². The number of hydrogen-bond donors (Lipinski definition) is 2. The molecule has 1 fully saturated rings. The van der Waals surface area contributed by atoms with Crippen LogP contribution in [0.2, 0.25) is 0 Å². The van der Waals surface area contributed by atoms with Gasteiger partial charge in [0.25, 0.3) is 5.91 Å². The first-order valence-electron chi connectivity index (χ1n) is 8.57. The van der Waals surface area contributed by atoms with E-state index in [-0.39, 0.29) is 5.69 Å². The minimum absolute atomic E-state index is 0.161. The third-order valence-corrected chi connectivity index (χ3v) is 4.83. The number of aliphatic carboxylic acids is 1. The summed E-state index contributed by atoms with van der Waals surface area (Å²) >= 11 is 0. The van der Waals surface area contributed by atoms with Crippen molar-refractivity contribution in [2.45, 2.75) is 51.0 Å². The molecule has 0 spiro atoms. The molecule has 1 heterocycles. The highest BCUT2D eigenvalue weighted by Gasteiger charge is 2.41. The van der Waals surface area contributed by atoms with Crippen molar-refractivity contribution in [1.82, 2.24) is 20.3 Å². The van der Waals surface area contributed by atoms with Crippen molar-refractivity contribution >= 4 is 11.9 Å². The first-order valence-corrected chi connectivity index (χ1v) is 8.57. The number of amides is 1. The number of benzene rings is 1. The topological polar surface area (TPSA) is 97.1 Å². The van der Waals surface area contributed by atoms with Gasteiger partial charge in [0.15, 0.2) is 5.69 Å². The van der Waals surface area contributed by atoms with Gasteiger partial charge in [-0.15, -0.1) is 5.10 Å². The molecule has 7 heteroatoms. The van der Waals surface area contributed by atoms with Gasteiger partial charge in [-0.05, 0) is 31.9 Å². The zero-order valence-corrected chi connectivity index (χ0v) is 14.2. The van der Waals surface area contributed by atoms with E-state index in [0.29, 0.717) is 18.5 Å². The van der Waals surface area contributed by atoms with E-state index in [9.17, 15) is 14.7 Å². The molecule has 1 amide bonds. The van der Waals surface area contributed by atoms with Gasteiger partial charge in [-0.3, -0.25) is 4.79 Å². The molecule has 3 rings (SSSR count). The smallest absolute Gasteiger partial charge is 0.329 e. The number of carboxylic acids is 1. The lowest BCUT2D eigenvalue weighted by Crippen LogP contribution is -2.54. The molecule has 0 saturated heterocycles. The highest BCUT2D eigenvalue weighted by atomic mass is 16.4. The zero-order chi connectivity index (χ0) is 17.9. The Morgan fingerprint density at radius 3 is 2.36 bits per heavy atom. The second-order valence-corrected chi connectivity index (χ2v) is 6.53. The molecule has 2 aromatic rings. The Kier molecular flexibility index (Phi) is 4.83. The summed E-state index contributed by atoms with van der Waals surface area (Å²) in [5, 5.41) is 20.5. The molecule has 1 aliphatic carbocycles. The molecule has 0 radical (unpaired) electrons. The number of carbonyl (C=O) groups excluding carboxylic acids is 1. The Bertz CT molecular complexity index is 762. The molecular formula is C18H22N4O3. The molecule has 25 heavy (non-hydrogen) atoms. The number of hydrogen-bond acceptors (Lipinski definition) is 4. The molecule has 0 bridgehead atoms. The van der Waals surface area contributed by atoms with Crippen LogP contribution >= 0.6 is 0 Å². The van der Waals surface area contributed by atoms with Gasteiger partial charge in [0, 0.05) is 0 Å². The fourth-order valence-corrected chi connectivity index (χ4v) is 3.35. The van der Waals surface area contributed by atoms with Gasteiger partial charge in [0.05, 0.1) is 11.4 Å². The monoisotopic (exact) mass is 342 g/mol. The molecule has 1 aromatic heterocycles. The Labute approximate surface area is 146 Å². The summed E-state index contributed by atoms with van der Waals surface area (Å²) < 4.78 is 1.58. The van der Waals surface area contributed by atoms with Gasteiger partial charge in [0.2, 0.25) is 0 Å². The van der Waals surface area contributed by atoms with Gasteiger partial charge in [-0.2, -0.15) is 0 Å². The molecule has 0 aliphatic heterocycles. The summed E-state index contributed by atoms with van der Waals surface area (Å²) in [7, 11) is 0. The predicted octanol–water partition coefficient (Wildman–Crippen LogP) is 2.48. The standard InChI is InChI=1S/C18H22N4O3/c1-13-15(20-21-22(13)14-9-5-4-6-10-14)16(23)19-18(17(24)25)11-7-2-3-8-12-18/h4-6,9-10H,2-3,7-8,11-12H2,1H3,(H,19,23)(H,24,25). The van der Waals surface area contributed by atoms with Gasteiger partial charge in [-0.1, -0.05) is 49.1 Å². The summed E-state index contributed by atoms with van der Waals surface area (Å²) in [6, 6.07) is 9.38. The maximum atomic E-state index is 12.7. The van der Waals surface area contributed by atoms with Crippen LogP contribution in [-0.2, 0) is 4.79 Å². The number of nitrogens with zero attached hydrogens (tertiary/aromatic N) is 3. The summed E-state index contributed by atoms with van der Waals surface area (Å²) in [6.45, 7) is 1.75. The molecule has 7 nitrogen and oxygen atoms in total. The maximum Gasteiger partial charge on any atom is 0.329 e. The fourth-order valence-electron chi connectivity index (χ4n) is 3.35. The van der Waals surface area contributed by atoms with E-state index in [1.165, 1.54) is 0 Å². The van der Waals surface area contributed by atoms with E-state index in [1.807, 2.05) is 30.3 Å². The minimum atomic E-state index is -1.21. The predicted molar refractivity (Wildman–Crippen MR) is 91.6 cm³/mol. The van der Waals surface area contributed by atoms with Gasteiger partial charge >= 0.3 is 5.97 Å². The molecule has 2 N–H and O–H groups in total. The van der Waals surface area contributed by atoms with Crippen molar-refractivity contribution < 1.29 is 14.7 Å². The van der Waals surface area contributed by atoms with Crippen molar-refractivity contribution in [3.63, 3.8) is 0 Å². The van der Waals surface area contributed by atoms with Crippen LogP contribution in [0.15, 0.2) is 30.3 Å². The van der Waals surface area contributed by atoms with Crippen molar-refractivity contribution in [3.05, 3.63) is 41.7 Å². The van der Waals surface area contributed by atoms with Crippen LogP contribution in [0.3, 0.4) is 0 Å². The van der Waals surface area contributed by atoms with Crippen LogP contribution in [-0.4, -0.2) is 37.5 Å². The quantitative estimate of drug-likeness (QED) is 0.832. The van der Waals surface area contributed by atoms with Crippen LogP contribution in [0.5, 0.6) is 0 Å². The zero-order valence-electron chi connectivity index (χ0n) is 14.2. The molecule has 132 valence electrons. The largest absolute Gasteiger partial charge is 0.480 e. The summed E-state index contributed by atoms with van der Waals surface area (Å²) in [4.78, 5) is 24.6. The van der Waals surface area contributed by atoms with Crippen LogP contribution < -0.4 is 5.32 Å². The number of rotatable bonds is 4. The van der Waals surface area contributed by atoms with Crippen LogP contribution in [0.4, 0.5) is 0 Å². The number of nitrogens with one attached hydrogen (secondary N) is 1. The van der Waals surface area contributed by atoms with Crippen molar-refractivity contribution in [2.24, 2.45) is 0 Å². The van der Waals surface area contributed by atoms with Crippen LogP contribution in [0.1, 0.15) is 54.7 Å². The fraction of sp³-hybridized carbons (Fsp3) is 0.444. The second-order valence-electron chi connectivity index (χ2n) is 6.53. The lowest BCUT2D eigenvalue weighted by atomic mass is 9.90. The summed E-state index contributed by atoms with van der Waals surface area (Å²) in [6.07, 6.45) is 4.46. The number of carbonyl (C=O) groups is 2. The van der Waals surface area contributed by atoms with Gasteiger partial charge < -0.3 is 10.4 Å². The van der Waals surface area contributed by atoms with Gasteiger partial charge in [-0.25, -0.2) is 9.48 Å². The molecule has 0 atom stereocenters. The van der Waals surface area contributed by atoms with Crippen molar-refractivity contribution in [2.75, 3.05) is 0 Å². The Morgan fingerprint density at radius 1 is 1.12 bits per heavy atom. The first kappa shape index (κ1) is 17.1. The van der Waals surface area contributed by atoms with Crippen LogP contribution in [0, 0.1) is 6.92 Å². The first-order chi connectivity index (χ1) is 12.0. The SMILES string of the molecule is Cc1c(C(=O)NC2(C(=O)O)CCCCCC2)nnn1-c1ccccc1. The van der Waals surface area contributed by atoms with E-state index in [0.717, 1.165) is 31.4 Å². The summed E-state index contributed by atoms with van der Waals surface area (Å²) in [5.74, 6) is -1.46. The van der Waals surface area contributed by atoms with E-state index >= 15 is 0 Å². The average Bonchev–Trinajstić information content (AvgIpc) is 2.83. The summed E-state index contributed by atoms with van der Waals surface area (Å²) in [5.41, 5.74) is 0.330. The molecule has 1 saturated carbocycles. The highest BCUT2D eigenvalue weighted by Crippen LogP contribution is 2.28. The average molecular weight is 342 g/mol. The molecule has 1 aliphatic rings. The second kappa shape index (κ2) is 7.04. The lowest BCUT2D eigenvalue weighted by molar-refractivity contribution is -0.145. The van der Waals surface area contributed by atoms with Crippen molar-refractivity contribution in [3.8, 4) is 5.69 Å². The highest BCUT2D eigenvalue weighted by molar-refractivity contribution is 5.97. The Morgan fingerprint density at radius 2 is 1.76 bits per heavy atom. The van der Waals surface area contributed by atoms with E-state index < -0.39 is 17.4 Å². The lowest BCUT2D eigenvalue weighted by Gasteiger charge is -2.28. The van der Waals surface area contributed by atoms with Gasteiger partial charge in [0.1, 0.15) is 5.54 Å². The third-order valence-electron chi connectivity index (χ3n) is 4.83. The Hall–Kier alpha value is -2.70. The number of para-hydroxylation sites is 1. The van der Waals surface area contributed by atoms with E-state index in [1.54, 1.807) is 11.6 Å². The minimum Gasteiger partial charge on any atom is -0.480 e. The number of carboxylic acid groups (broad SMARTS) is 1. The molecular weight excluding hydrogens is 320 g/mol. The Balaban J connectivity index is 1.86. The number of aromatic nitrogens is 3. The maximum absolute atomic E-state index is 12.7. The third kappa shape index (κ3) is 3.40.